The van der Waals surface area contributed by atoms with Crippen molar-refractivity contribution in [2.75, 3.05) is 11.5 Å². The predicted octanol–water partition coefficient (Wildman–Crippen LogP) is 0.680. The molecule has 1 saturated heterocycles. The summed E-state index contributed by atoms with van der Waals surface area (Å²) in [5.41, 5.74) is 0.466. The molecule has 0 amide bonds. The van der Waals surface area contributed by atoms with Gasteiger partial charge in [0.2, 0.25) is 0 Å². The molecule has 1 unspecified atom stereocenters. The van der Waals surface area contributed by atoms with Gasteiger partial charge in [-0.1, -0.05) is 11.6 Å². The highest BCUT2D eigenvalue weighted by Crippen LogP contribution is 2.28. The monoisotopic (exact) mass is 272 g/mol. The molecule has 3 heterocycles. The van der Waals surface area contributed by atoms with Crippen LogP contribution in [0.15, 0.2) is 12.4 Å². The first-order valence-electron chi connectivity index (χ1n) is 5.12. The Morgan fingerprint density at radius 1 is 1.41 bits per heavy atom. The maximum Gasteiger partial charge on any atom is 0.198 e. The standard InChI is InChI=1S/C9H9ClN4O2S/c10-7-9-13-12-8(14(9)3-2-11-7)6-1-4-17(15,16)5-6/h2-3,6H,1,4-5H2. The van der Waals surface area contributed by atoms with E-state index in [0.29, 0.717) is 17.9 Å². The van der Waals surface area contributed by atoms with E-state index in [1.807, 2.05) is 0 Å². The zero-order chi connectivity index (χ0) is 12.0. The van der Waals surface area contributed by atoms with Crippen LogP contribution in [0.5, 0.6) is 0 Å². The van der Waals surface area contributed by atoms with Gasteiger partial charge in [-0.25, -0.2) is 13.4 Å². The summed E-state index contributed by atoms with van der Waals surface area (Å²) in [6.07, 6.45) is 3.83. The van der Waals surface area contributed by atoms with Crippen LogP contribution >= 0.6 is 11.6 Å². The average molecular weight is 273 g/mol. The van der Waals surface area contributed by atoms with Gasteiger partial charge in [-0.15, -0.1) is 10.2 Å². The molecule has 1 aliphatic heterocycles. The lowest BCUT2D eigenvalue weighted by molar-refractivity contribution is 0.601. The average Bonchev–Trinajstić information content (AvgIpc) is 2.82. The number of hydrogen-bond acceptors (Lipinski definition) is 5. The van der Waals surface area contributed by atoms with E-state index in [1.54, 1.807) is 16.8 Å². The van der Waals surface area contributed by atoms with Gasteiger partial charge in [0.1, 0.15) is 5.82 Å². The first-order valence-corrected chi connectivity index (χ1v) is 7.32. The number of sulfone groups is 1. The third-order valence-corrected chi connectivity index (χ3v) is 4.94. The van der Waals surface area contributed by atoms with Crippen LogP contribution in [0.2, 0.25) is 5.15 Å². The molecule has 1 atom stereocenters. The van der Waals surface area contributed by atoms with E-state index < -0.39 is 9.84 Å². The van der Waals surface area contributed by atoms with Crippen molar-refractivity contribution in [3.63, 3.8) is 0 Å². The summed E-state index contributed by atoms with van der Waals surface area (Å²) in [4.78, 5) is 3.90. The van der Waals surface area contributed by atoms with E-state index >= 15 is 0 Å². The zero-order valence-corrected chi connectivity index (χ0v) is 10.3. The molecule has 0 spiro atoms. The lowest BCUT2D eigenvalue weighted by atomic mass is 10.1. The van der Waals surface area contributed by atoms with Gasteiger partial charge in [-0.05, 0) is 6.42 Å². The molecule has 90 valence electrons. The second-order valence-electron chi connectivity index (χ2n) is 4.07. The Hall–Kier alpha value is -1.21. The molecule has 0 radical (unpaired) electrons. The molecule has 1 fully saturated rings. The maximum absolute atomic E-state index is 11.4. The van der Waals surface area contributed by atoms with Crippen LogP contribution in [0.3, 0.4) is 0 Å². The molecular formula is C9H9ClN4O2S. The number of aromatic nitrogens is 4. The Kier molecular flexibility index (Phi) is 2.34. The lowest BCUT2D eigenvalue weighted by Gasteiger charge is -2.04. The van der Waals surface area contributed by atoms with E-state index in [4.69, 9.17) is 11.6 Å². The molecule has 8 heteroatoms. The minimum atomic E-state index is -2.93. The van der Waals surface area contributed by atoms with Crippen LogP contribution in [0, 0.1) is 0 Å². The van der Waals surface area contributed by atoms with Gasteiger partial charge < -0.3 is 0 Å². The van der Waals surface area contributed by atoms with E-state index in [2.05, 4.69) is 15.2 Å². The van der Waals surface area contributed by atoms with Crippen molar-refractivity contribution in [3.05, 3.63) is 23.4 Å². The number of nitrogens with zero attached hydrogens (tertiary/aromatic N) is 4. The third-order valence-electron chi connectivity index (χ3n) is 2.91. The summed E-state index contributed by atoms with van der Waals surface area (Å²) < 4.78 is 24.6. The summed E-state index contributed by atoms with van der Waals surface area (Å²) in [6.45, 7) is 0. The number of halogens is 1. The Morgan fingerprint density at radius 3 is 2.94 bits per heavy atom. The molecule has 2 aromatic rings. The molecule has 17 heavy (non-hydrogen) atoms. The highest BCUT2D eigenvalue weighted by atomic mass is 35.5. The molecule has 6 nitrogen and oxygen atoms in total. The summed E-state index contributed by atoms with van der Waals surface area (Å²) in [5.74, 6) is 0.887. The van der Waals surface area contributed by atoms with Crippen molar-refractivity contribution >= 4 is 27.1 Å². The fourth-order valence-corrected chi connectivity index (χ4v) is 4.02. The van der Waals surface area contributed by atoms with Crippen LogP contribution in [0.25, 0.3) is 5.65 Å². The smallest absolute Gasteiger partial charge is 0.198 e. The van der Waals surface area contributed by atoms with Gasteiger partial charge in [0, 0.05) is 18.3 Å². The molecule has 0 aromatic carbocycles. The van der Waals surface area contributed by atoms with Crippen molar-refractivity contribution < 1.29 is 8.42 Å². The number of rotatable bonds is 1. The highest BCUT2D eigenvalue weighted by molar-refractivity contribution is 7.91. The van der Waals surface area contributed by atoms with Crippen LogP contribution in [-0.2, 0) is 9.84 Å². The molecule has 0 bridgehead atoms. The minimum Gasteiger partial charge on any atom is -0.282 e. The predicted molar refractivity (Wildman–Crippen MR) is 61.8 cm³/mol. The molecule has 2 aromatic heterocycles. The quantitative estimate of drug-likeness (QED) is 0.763. The normalized spacial score (nSPS) is 23.2. The van der Waals surface area contributed by atoms with Gasteiger partial charge in [0.05, 0.1) is 11.5 Å². The Bertz CT molecular complexity index is 681. The van der Waals surface area contributed by atoms with Crippen molar-refractivity contribution in [2.45, 2.75) is 12.3 Å². The molecule has 0 N–H and O–H groups in total. The summed E-state index contributed by atoms with van der Waals surface area (Å²) in [7, 11) is -2.93. The van der Waals surface area contributed by atoms with E-state index in [1.165, 1.54) is 0 Å². The topological polar surface area (TPSA) is 77.2 Å². The SMILES string of the molecule is O=S1(=O)CCC(c2nnc3c(Cl)nccn23)C1. The Balaban J connectivity index is 2.11. The summed E-state index contributed by atoms with van der Waals surface area (Å²) in [5, 5.41) is 8.23. The van der Waals surface area contributed by atoms with E-state index in [0.717, 1.165) is 0 Å². The van der Waals surface area contributed by atoms with Crippen LogP contribution < -0.4 is 0 Å². The highest BCUT2D eigenvalue weighted by Gasteiger charge is 2.32. The zero-order valence-electron chi connectivity index (χ0n) is 8.74. The van der Waals surface area contributed by atoms with Gasteiger partial charge in [0.15, 0.2) is 20.6 Å². The second kappa shape index (κ2) is 3.64. The largest absolute Gasteiger partial charge is 0.282 e. The number of hydrogen-bond donors (Lipinski definition) is 0. The molecule has 3 rings (SSSR count). The van der Waals surface area contributed by atoms with E-state index in [-0.39, 0.29) is 22.6 Å². The molecule has 0 aliphatic carbocycles. The van der Waals surface area contributed by atoms with Crippen LogP contribution in [-0.4, -0.2) is 39.5 Å². The third kappa shape index (κ3) is 1.79. The Labute approximate surface area is 103 Å². The van der Waals surface area contributed by atoms with Gasteiger partial charge in [-0.3, -0.25) is 4.40 Å². The lowest BCUT2D eigenvalue weighted by Crippen LogP contribution is -2.07. The van der Waals surface area contributed by atoms with Crippen molar-refractivity contribution in [1.82, 2.24) is 19.6 Å². The second-order valence-corrected chi connectivity index (χ2v) is 6.66. The van der Waals surface area contributed by atoms with Crippen molar-refractivity contribution in [1.29, 1.82) is 0 Å². The molecule has 0 saturated carbocycles. The summed E-state index contributed by atoms with van der Waals surface area (Å²) in [6, 6.07) is 0. The minimum absolute atomic E-state index is 0.103. The first-order chi connectivity index (χ1) is 8.07. The van der Waals surface area contributed by atoms with Crippen LogP contribution in [0.4, 0.5) is 0 Å². The fourth-order valence-electron chi connectivity index (χ4n) is 2.09. The first kappa shape index (κ1) is 10.9. The van der Waals surface area contributed by atoms with Gasteiger partial charge in [0.25, 0.3) is 0 Å². The molecular weight excluding hydrogens is 264 g/mol. The van der Waals surface area contributed by atoms with E-state index in [9.17, 15) is 8.42 Å². The fraction of sp³-hybridized carbons (Fsp3) is 0.444. The summed E-state index contributed by atoms with van der Waals surface area (Å²) >= 11 is 5.88. The van der Waals surface area contributed by atoms with Crippen molar-refractivity contribution in [2.24, 2.45) is 0 Å². The number of fused-ring (bicyclic) bond motifs is 1. The van der Waals surface area contributed by atoms with Gasteiger partial charge >= 0.3 is 0 Å². The maximum atomic E-state index is 11.4. The van der Waals surface area contributed by atoms with Crippen LogP contribution in [0.1, 0.15) is 18.2 Å². The Morgan fingerprint density at radius 2 is 2.24 bits per heavy atom. The van der Waals surface area contributed by atoms with Gasteiger partial charge in [-0.2, -0.15) is 0 Å². The molecule has 1 aliphatic rings. The van der Waals surface area contributed by atoms with Crippen molar-refractivity contribution in [3.8, 4) is 0 Å².